The van der Waals surface area contributed by atoms with Crippen LogP contribution in [0, 0.1) is 6.92 Å². The summed E-state index contributed by atoms with van der Waals surface area (Å²) in [6.07, 6.45) is 5.11. The third kappa shape index (κ3) is 4.25. The van der Waals surface area contributed by atoms with Gasteiger partial charge in [-0.3, -0.25) is 25.0 Å². The van der Waals surface area contributed by atoms with Gasteiger partial charge in [-0.2, -0.15) is 10.2 Å². The lowest BCUT2D eigenvalue weighted by Crippen LogP contribution is -2.39. The molecule has 0 atom stereocenters. The number of carbonyl (C=O) groups excluding carboxylic acids is 1. The molecule has 2 N–H and O–H groups in total. The summed E-state index contributed by atoms with van der Waals surface area (Å²) >= 11 is 3.68. The van der Waals surface area contributed by atoms with Crippen molar-refractivity contribution in [2.75, 3.05) is 24.0 Å². The van der Waals surface area contributed by atoms with E-state index in [2.05, 4.69) is 41.3 Å². The summed E-state index contributed by atoms with van der Waals surface area (Å²) in [6, 6.07) is 15.1. The molecular formula is C26H24BrN7O2. The van der Waals surface area contributed by atoms with Crippen LogP contribution in [0.5, 0.6) is 0 Å². The number of carbonyl (C=O) groups is 1. The van der Waals surface area contributed by atoms with E-state index in [1.54, 1.807) is 43.7 Å². The summed E-state index contributed by atoms with van der Waals surface area (Å²) in [5.74, 6) is 0.578. The van der Waals surface area contributed by atoms with Crippen molar-refractivity contribution in [3.8, 4) is 11.3 Å². The van der Waals surface area contributed by atoms with Gasteiger partial charge in [0.2, 0.25) is 0 Å². The molecule has 0 spiro atoms. The summed E-state index contributed by atoms with van der Waals surface area (Å²) in [7, 11) is 3.34. The summed E-state index contributed by atoms with van der Waals surface area (Å²) in [5.41, 5.74) is 4.83. The molecule has 5 rings (SSSR count). The number of benzene rings is 2. The summed E-state index contributed by atoms with van der Waals surface area (Å²) in [6.45, 7) is 2.31. The average molecular weight is 546 g/mol. The Morgan fingerprint density at radius 2 is 1.78 bits per heavy atom. The molecule has 3 heterocycles. The van der Waals surface area contributed by atoms with Crippen molar-refractivity contribution in [3.05, 3.63) is 82.9 Å². The first-order valence-electron chi connectivity index (χ1n) is 11.2. The van der Waals surface area contributed by atoms with Gasteiger partial charge < -0.3 is 4.74 Å². The summed E-state index contributed by atoms with van der Waals surface area (Å²) in [4.78, 5) is 22.0. The molecule has 36 heavy (non-hydrogen) atoms. The van der Waals surface area contributed by atoms with Crippen LogP contribution in [0.2, 0.25) is 0 Å². The van der Waals surface area contributed by atoms with Crippen LogP contribution in [0.15, 0.2) is 71.6 Å². The molecule has 0 saturated carbocycles. The number of hydrogen-bond donors (Lipinski definition) is 2. The van der Waals surface area contributed by atoms with Gasteiger partial charge in [0.25, 0.3) is 0 Å². The molecule has 2 aromatic carbocycles. The molecule has 0 aliphatic rings. The van der Waals surface area contributed by atoms with Gasteiger partial charge >= 0.3 is 6.03 Å². The highest BCUT2D eigenvalue weighted by atomic mass is 79.9. The summed E-state index contributed by atoms with van der Waals surface area (Å²) in [5, 5.41) is 15.8. The monoisotopic (exact) mass is 545 g/mol. The van der Waals surface area contributed by atoms with Gasteiger partial charge in [-0.15, -0.1) is 0 Å². The molecule has 5 aromatic rings. The zero-order valence-corrected chi connectivity index (χ0v) is 21.6. The van der Waals surface area contributed by atoms with Crippen molar-refractivity contribution < 1.29 is 9.53 Å². The Bertz CT molecular complexity index is 1500. The Balaban J connectivity index is 1.82. The Morgan fingerprint density at radius 3 is 2.44 bits per heavy atom. The van der Waals surface area contributed by atoms with E-state index >= 15 is 0 Å². The van der Waals surface area contributed by atoms with E-state index in [9.17, 15) is 4.79 Å². The molecule has 3 aromatic heterocycles. The van der Waals surface area contributed by atoms with E-state index in [4.69, 9.17) is 4.74 Å². The van der Waals surface area contributed by atoms with Crippen molar-refractivity contribution >= 4 is 49.9 Å². The third-order valence-corrected chi connectivity index (χ3v) is 6.66. The second kappa shape index (κ2) is 9.92. The molecule has 0 bridgehead atoms. The van der Waals surface area contributed by atoms with Crippen molar-refractivity contribution in [3.63, 3.8) is 0 Å². The minimum atomic E-state index is -0.257. The highest BCUT2D eigenvalue weighted by Crippen LogP contribution is 2.42. The van der Waals surface area contributed by atoms with Gasteiger partial charge in [-0.05, 0) is 37.3 Å². The number of anilines is 3. The zero-order valence-electron chi connectivity index (χ0n) is 20.0. The number of amides is 2. The number of hydrogen-bond acceptors (Lipinski definition) is 5. The SMILES string of the molecule is COCc1ncc2c(Br)ccc(N(C(=O)N(C)c3ccn[nH]3)c3ccc(C)cc3)c2c1-c1ccn[nH]1. The zero-order chi connectivity index (χ0) is 25.2. The smallest absolute Gasteiger partial charge is 0.334 e. The number of halogens is 1. The maximum atomic E-state index is 14.1. The van der Waals surface area contributed by atoms with Crippen LogP contribution < -0.4 is 9.80 Å². The van der Waals surface area contributed by atoms with Gasteiger partial charge in [0.05, 0.1) is 35.6 Å². The lowest BCUT2D eigenvalue weighted by molar-refractivity contribution is 0.182. The van der Waals surface area contributed by atoms with Crippen LogP contribution in [0.1, 0.15) is 11.3 Å². The minimum absolute atomic E-state index is 0.257. The molecule has 10 heteroatoms. The first kappa shape index (κ1) is 23.7. The molecule has 182 valence electrons. The number of ether oxygens (including phenoxy) is 1. The second-order valence-corrected chi connectivity index (χ2v) is 9.15. The lowest BCUT2D eigenvalue weighted by atomic mass is 9.99. The first-order valence-corrected chi connectivity index (χ1v) is 12.0. The fourth-order valence-corrected chi connectivity index (χ4v) is 4.61. The van der Waals surface area contributed by atoms with Crippen LogP contribution in [0.3, 0.4) is 0 Å². The van der Waals surface area contributed by atoms with Crippen LogP contribution in [-0.2, 0) is 11.3 Å². The van der Waals surface area contributed by atoms with E-state index in [-0.39, 0.29) is 6.03 Å². The van der Waals surface area contributed by atoms with E-state index in [1.807, 2.05) is 49.4 Å². The molecule has 0 unspecified atom stereocenters. The summed E-state index contributed by atoms with van der Waals surface area (Å²) < 4.78 is 6.33. The molecule has 0 radical (unpaired) electrons. The molecule has 0 fully saturated rings. The van der Waals surface area contributed by atoms with E-state index < -0.39 is 0 Å². The number of nitrogens with one attached hydrogen (secondary N) is 2. The topological polar surface area (TPSA) is 103 Å². The van der Waals surface area contributed by atoms with Crippen molar-refractivity contribution in [1.29, 1.82) is 0 Å². The highest BCUT2D eigenvalue weighted by Gasteiger charge is 2.28. The largest absolute Gasteiger partial charge is 0.378 e. The first-order chi connectivity index (χ1) is 17.5. The molecule has 2 amide bonds. The number of urea groups is 1. The number of fused-ring (bicyclic) bond motifs is 1. The second-order valence-electron chi connectivity index (χ2n) is 8.29. The third-order valence-electron chi connectivity index (χ3n) is 5.97. The maximum Gasteiger partial charge on any atom is 0.334 e. The number of aryl methyl sites for hydroxylation is 1. The van der Waals surface area contributed by atoms with Gasteiger partial charge in [-0.25, -0.2) is 4.79 Å². The average Bonchev–Trinajstić information content (AvgIpc) is 3.61. The van der Waals surface area contributed by atoms with Gasteiger partial charge in [0, 0.05) is 53.4 Å². The number of H-pyrrole nitrogens is 2. The fraction of sp³-hybridized carbons (Fsp3) is 0.154. The maximum absolute atomic E-state index is 14.1. The number of methoxy groups -OCH3 is 1. The number of pyridine rings is 1. The van der Waals surface area contributed by atoms with Crippen LogP contribution in [0.25, 0.3) is 22.0 Å². The molecule has 0 aliphatic heterocycles. The Hall–Kier alpha value is -4.02. The van der Waals surface area contributed by atoms with Gasteiger partial charge in [0.15, 0.2) is 0 Å². The Morgan fingerprint density at radius 1 is 1.03 bits per heavy atom. The number of rotatable bonds is 6. The van der Waals surface area contributed by atoms with E-state index in [1.165, 1.54) is 4.90 Å². The lowest BCUT2D eigenvalue weighted by Gasteiger charge is -2.29. The normalized spacial score (nSPS) is 11.1. The molecule has 0 saturated heterocycles. The molecular weight excluding hydrogens is 522 g/mol. The highest BCUT2D eigenvalue weighted by molar-refractivity contribution is 9.10. The standard InChI is InChI=1S/C26H24BrN7O2/c1-16-4-6-17(7-5-16)34(26(35)33(2)23-11-13-30-32-23)22-9-8-19(27)18-14-28-21(15-36-3)25(24(18)22)20-10-12-29-31-20/h4-14H,15H2,1-3H3,(H,29,31)(H,30,32). The predicted octanol–water partition coefficient (Wildman–Crippen LogP) is 5.96. The van der Waals surface area contributed by atoms with Crippen LogP contribution in [0.4, 0.5) is 22.0 Å². The van der Waals surface area contributed by atoms with Gasteiger partial charge in [-0.1, -0.05) is 33.6 Å². The van der Waals surface area contributed by atoms with Crippen LogP contribution >= 0.6 is 15.9 Å². The fourth-order valence-electron chi connectivity index (χ4n) is 4.18. The van der Waals surface area contributed by atoms with E-state index in [0.29, 0.717) is 18.1 Å². The van der Waals surface area contributed by atoms with Crippen LogP contribution in [-0.4, -0.2) is 45.6 Å². The van der Waals surface area contributed by atoms with Crippen molar-refractivity contribution in [2.24, 2.45) is 0 Å². The number of aromatic amines is 2. The van der Waals surface area contributed by atoms with Crippen molar-refractivity contribution in [1.82, 2.24) is 25.4 Å². The Kier molecular flexibility index (Phi) is 6.53. The number of aromatic nitrogens is 5. The van der Waals surface area contributed by atoms with Gasteiger partial charge in [0.1, 0.15) is 5.82 Å². The molecule has 9 nitrogen and oxygen atoms in total. The molecule has 0 aliphatic carbocycles. The van der Waals surface area contributed by atoms with Crippen molar-refractivity contribution in [2.45, 2.75) is 13.5 Å². The Labute approximate surface area is 216 Å². The van der Waals surface area contributed by atoms with E-state index in [0.717, 1.165) is 43.4 Å². The number of nitrogens with zero attached hydrogens (tertiary/aromatic N) is 5. The quantitative estimate of drug-likeness (QED) is 0.274. The minimum Gasteiger partial charge on any atom is -0.378 e. The predicted molar refractivity (Wildman–Crippen MR) is 143 cm³/mol.